The molecule has 13 heteroatoms. The van der Waals surface area contributed by atoms with E-state index in [9.17, 15) is 33.9 Å². The zero-order valence-electron chi connectivity index (χ0n) is 17.1. The van der Waals surface area contributed by atoms with Gasteiger partial charge in [0.2, 0.25) is 17.7 Å². The van der Waals surface area contributed by atoms with Crippen molar-refractivity contribution in [2.75, 3.05) is 6.54 Å². The highest BCUT2D eigenvalue weighted by molar-refractivity contribution is 5.94. The van der Waals surface area contributed by atoms with Gasteiger partial charge in [-0.1, -0.05) is 0 Å². The lowest BCUT2D eigenvalue weighted by Gasteiger charge is -2.27. The van der Waals surface area contributed by atoms with Gasteiger partial charge in [-0.2, -0.15) is 0 Å². The van der Waals surface area contributed by atoms with E-state index in [1.54, 1.807) is 0 Å². The number of carbonyl (C=O) groups excluding carboxylic acids is 3. The van der Waals surface area contributed by atoms with Crippen LogP contribution in [0.1, 0.15) is 45.4 Å². The predicted molar refractivity (Wildman–Crippen MR) is 104 cm³/mol. The Hall–Kier alpha value is -3.22. The van der Waals surface area contributed by atoms with E-state index in [2.05, 4.69) is 10.6 Å². The SMILES string of the molecule is CC(NC(=O)C(CCC(=O)O)NC(=O)C(N)CCC(=O)O)C(=O)N1CCCC1C(=O)O. The minimum absolute atomic E-state index is 0.186. The summed E-state index contributed by atoms with van der Waals surface area (Å²) in [4.78, 5) is 71.2. The molecule has 13 nitrogen and oxygen atoms in total. The first-order chi connectivity index (χ1) is 14.4. The highest BCUT2D eigenvalue weighted by atomic mass is 16.4. The van der Waals surface area contributed by atoms with Crippen molar-refractivity contribution in [2.45, 2.75) is 69.6 Å². The summed E-state index contributed by atoms with van der Waals surface area (Å²) in [6.07, 6.45) is -0.497. The summed E-state index contributed by atoms with van der Waals surface area (Å²) in [5, 5.41) is 31.4. The highest BCUT2D eigenvalue weighted by Gasteiger charge is 2.37. The normalized spacial score (nSPS) is 18.5. The van der Waals surface area contributed by atoms with Gasteiger partial charge >= 0.3 is 17.9 Å². The summed E-state index contributed by atoms with van der Waals surface area (Å²) >= 11 is 0. The number of carboxylic acids is 3. The number of nitrogens with two attached hydrogens (primary N) is 1. The molecule has 1 aliphatic rings. The van der Waals surface area contributed by atoms with Crippen molar-refractivity contribution in [3.63, 3.8) is 0 Å². The van der Waals surface area contributed by atoms with E-state index < -0.39 is 66.2 Å². The van der Waals surface area contributed by atoms with Crippen molar-refractivity contribution < 1.29 is 44.1 Å². The predicted octanol–water partition coefficient (Wildman–Crippen LogP) is -1.89. The van der Waals surface area contributed by atoms with E-state index in [0.717, 1.165) is 4.90 Å². The Morgan fingerprint density at radius 3 is 2.10 bits per heavy atom. The maximum Gasteiger partial charge on any atom is 0.326 e. The highest BCUT2D eigenvalue weighted by Crippen LogP contribution is 2.18. The minimum atomic E-state index is -1.33. The van der Waals surface area contributed by atoms with Crippen LogP contribution in [0.4, 0.5) is 0 Å². The van der Waals surface area contributed by atoms with Crippen molar-refractivity contribution in [3.05, 3.63) is 0 Å². The van der Waals surface area contributed by atoms with Gasteiger partial charge in [-0.15, -0.1) is 0 Å². The van der Waals surface area contributed by atoms with Crippen LogP contribution in [0.15, 0.2) is 0 Å². The Kier molecular flexibility index (Phi) is 9.86. The van der Waals surface area contributed by atoms with E-state index >= 15 is 0 Å². The first-order valence-corrected chi connectivity index (χ1v) is 9.77. The molecule has 7 N–H and O–H groups in total. The number of hydrogen-bond donors (Lipinski definition) is 6. The van der Waals surface area contributed by atoms with Gasteiger partial charge < -0.3 is 36.6 Å². The van der Waals surface area contributed by atoms with Gasteiger partial charge in [-0.05, 0) is 32.6 Å². The number of amides is 3. The molecule has 1 saturated heterocycles. The van der Waals surface area contributed by atoms with Crippen LogP contribution >= 0.6 is 0 Å². The maximum absolute atomic E-state index is 12.6. The number of nitrogens with zero attached hydrogens (tertiary/aromatic N) is 1. The second kappa shape index (κ2) is 11.8. The third-order valence-electron chi connectivity index (χ3n) is 4.84. The molecule has 0 aromatic rings. The molecule has 0 radical (unpaired) electrons. The van der Waals surface area contributed by atoms with Gasteiger partial charge in [0.15, 0.2) is 0 Å². The zero-order chi connectivity index (χ0) is 23.7. The lowest BCUT2D eigenvalue weighted by molar-refractivity contribution is -0.149. The molecule has 0 aromatic carbocycles. The summed E-state index contributed by atoms with van der Waals surface area (Å²) in [7, 11) is 0. The van der Waals surface area contributed by atoms with Gasteiger partial charge in [-0.3, -0.25) is 24.0 Å². The van der Waals surface area contributed by atoms with Gasteiger partial charge in [0, 0.05) is 19.4 Å². The van der Waals surface area contributed by atoms with Gasteiger partial charge in [-0.25, -0.2) is 4.79 Å². The summed E-state index contributed by atoms with van der Waals surface area (Å²) in [5.74, 6) is -5.81. The molecule has 0 aliphatic carbocycles. The zero-order valence-corrected chi connectivity index (χ0v) is 17.1. The number of aliphatic carboxylic acids is 3. The van der Waals surface area contributed by atoms with E-state index in [4.69, 9.17) is 15.9 Å². The monoisotopic (exact) mass is 444 g/mol. The average Bonchev–Trinajstić information content (AvgIpc) is 3.18. The number of nitrogens with one attached hydrogen (secondary N) is 2. The molecule has 0 saturated carbocycles. The molecule has 1 rings (SSSR count). The Balaban J connectivity index is 2.78. The Labute approximate surface area is 177 Å². The van der Waals surface area contributed by atoms with Crippen molar-refractivity contribution in [3.8, 4) is 0 Å². The fourth-order valence-corrected chi connectivity index (χ4v) is 3.14. The Morgan fingerprint density at radius 2 is 1.55 bits per heavy atom. The molecule has 0 spiro atoms. The maximum atomic E-state index is 12.6. The largest absolute Gasteiger partial charge is 0.481 e. The molecule has 174 valence electrons. The topological polar surface area (TPSA) is 216 Å². The fourth-order valence-electron chi connectivity index (χ4n) is 3.14. The van der Waals surface area contributed by atoms with E-state index in [-0.39, 0.29) is 25.8 Å². The molecule has 1 aliphatic heterocycles. The van der Waals surface area contributed by atoms with Crippen LogP contribution in [0.2, 0.25) is 0 Å². The third kappa shape index (κ3) is 8.20. The van der Waals surface area contributed by atoms with Gasteiger partial charge in [0.25, 0.3) is 0 Å². The van der Waals surface area contributed by atoms with Crippen molar-refractivity contribution in [2.24, 2.45) is 5.73 Å². The van der Waals surface area contributed by atoms with Crippen LogP contribution < -0.4 is 16.4 Å². The lowest BCUT2D eigenvalue weighted by Crippen LogP contribution is -2.56. The quantitative estimate of drug-likeness (QED) is 0.197. The van der Waals surface area contributed by atoms with Gasteiger partial charge in [0.05, 0.1) is 6.04 Å². The number of likely N-dealkylation sites (tertiary alicyclic amines) is 1. The van der Waals surface area contributed by atoms with Crippen LogP contribution in [0, 0.1) is 0 Å². The standard InChI is InChI=1S/C18H28N4O9/c1-9(17(29)22-8-2-3-12(22)18(30)31)20-16(28)11(5-7-14(25)26)21-15(27)10(19)4-6-13(23)24/h9-12H,2-8,19H2,1H3,(H,20,28)(H,21,27)(H,23,24)(H,25,26)(H,30,31). The van der Waals surface area contributed by atoms with Gasteiger partial charge in [0.1, 0.15) is 18.1 Å². The molecular weight excluding hydrogens is 416 g/mol. The molecule has 1 fully saturated rings. The van der Waals surface area contributed by atoms with Crippen molar-refractivity contribution in [1.29, 1.82) is 0 Å². The van der Waals surface area contributed by atoms with Crippen LogP contribution in [-0.4, -0.2) is 86.6 Å². The number of hydrogen-bond acceptors (Lipinski definition) is 7. The summed E-state index contributed by atoms with van der Waals surface area (Å²) in [6.45, 7) is 1.58. The second-order valence-corrected chi connectivity index (χ2v) is 7.29. The number of rotatable bonds is 12. The first kappa shape index (κ1) is 25.8. The molecule has 0 aromatic heterocycles. The molecule has 31 heavy (non-hydrogen) atoms. The fraction of sp³-hybridized carbons (Fsp3) is 0.667. The van der Waals surface area contributed by atoms with Crippen molar-refractivity contribution in [1.82, 2.24) is 15.5 Å². The molecular formula is C18H28N4O9. The van der Waals surface area contributed by atoms with E-state index in [1.165, 1.54) is 6.92 Å². The first-order valence-electron chi connectivity index (χ1n) is 9.77. The van der Waals surface area contributed by atoms with E-state index in [0.29, 0.717) is 12.8 Å². The molecule has 4 unspecified atom stereocenters. The minimum Gasteiger partial charge on any atom is -0.481 e. The molecule has 3 amide bonds. The average molecular weight is 444 g/mol. The van der Waals surface area contributed by atoms with Crippen LogP contribution in [0.3, 0.4) is 0 Å². The lowest BCUT2D eigenvalue weighted by atomic mass is 10.1. The molecule has 1 heterocycles. The number of carbonyl (C=O) groups is 6. The van der Waals surface area contributed by atoms with Crippen LogP contribution in [-0.2, 0) is 28.8 Å². The molecule has 0 bridgehead atoms. The smallest absolute Gasteiger partial charge is 0.326 e. The summed E-state index contributed by atoms with van der Waals surface area (Å²) in [6, 6.07) is -4.65. The summed E-state index contributed by atoms with van der Waals surface area (Å²) in [5.41, 5.74) is 5.61. The van der Waals surface area contributed by atoms with Crippen LogP contribution in [0.25, 0.3) is 0 Å². The Bertz CT molecular complexity index is 727. The third-order valence-corrected chi connectivity index (χ3v) is 4.84. The summed E-state index contributed by atoms with van der Waals surface area (Å²) < 4.78 is 0. The van der Waals surface area contributed by atoms with Crippen molar-refractivity contribution >= 4 is 35.6 Å². The van der Waals surface area contributed by atoms with Crippen LogP contribution in [0.5, 0.6) is 0 Å². The molecule has 4 atom stereocenters. The second-order valence-electron chi connectivity index (χ2n) is 7.29. The Morgan fingerprint density at radius 1 is 0.968 bits per heavy atom. The van der Waals surface area contributed by atoms with E-state index in [1.807, 2.05) is 0 Å². The number of carboxylic acid groups (broad SMARTS) is 3.